The van der Waals surface area contributed by atoms with Crippen molar-refractivity contribution in [3.63, 3.8) is 0 Å². The van der Waals surface area contributed by atoms with Crippen molar-refractivity contribution >= 4 is 5.91 Å². The Hall–Kier alpha value is -1.36. The van der Waals surface area contributed by atoms with Crippen molar-refractivity contribution in [3.05, 3.63) is 18.0 Å². The highest BCUT2D eigenvalue weighted by Gasteiger charge is 2.00. The van der Waals surface area contributed by atoms with Crippen LogP contribution in [-0.2, 0) is 17.9 Å². The fourth-order valence-electron chi connectivity index (χ4n) is 1.42. The van der Waals surface area contributed by atoms with Gasteiger partial charge >= 0.3 is 0 Å². The third-order valence-corrected chi connectivity index (χ3v) is 2.12. The van der Waals surface area contributed by atoms with E-state index in [0.717, 1.165) is 18.7 Å². The second-order valence-corrected chi connectivity index (χ2v) is 4.36. The van der Waals surface area contributed by atoms with Gasteiger partial charge in [-0.25, -0.2) is 0 Å². The number of nitrogens with zero attached hydrogens (tertiary/aromatic N) is 2. The van der Waals surface area contributed by atoms with Crippen LogP contribution in [0.4, 0.5) is 0 Å². The Morgan fingerprint density at radius 3 is 3.00 bits per heavy atom. The molecule has 0 saturated heterocycles. The van der Waals surface area contributed by atoms with Crippen LogP contribution in [0.5, 0.6) is 0 Å². The molecule has 1 heterocycles. The van der Waals surface area contributed by atoms with E-state index in [-0.39, 0.29) is 5.91 Å². The number of nitrogens with two attached hydrogens (primary N) is 1. The Labute approximate surface area is 96.0 Å². The van der Waals surface area contributed by atoms with Crippen molar-refractivity contribution in [1.29, 1.82) is 0 Å². The van der Waals surface area contributed by atoms with Gasteiger partial charge in [0.2, 0.25) is 5.91 Å². The molecule has 5 heteroatoms. The highest BCUT2D eigenvalue weighted by Crippen LogP contribution is 2.01. The first-order chi connectivity index (χ1) is 7.58. The van der Waals surface area contributed by atoms with Crippen LogP contribution >= 0.6 is 0 Å². The maximum atomic E-state index is 10.5. The average Bonchev–Trinajstić information content (AvgIpc) is 2.59. The molecule has 0 aliphatic rings. The van der Waals surface area contributed by atoms with E-state index in [4.69, 9.17) is 5.73 Å². The van der Waals surface area contributed by atoms with Crippen molar-refractivity contribution in [2.75, 3.05) is 6.54 Å². The maximum absolute atomic E-state index is 10.5. The molecular formula is C11H20N4O. The normalized spacial score (nSPS) is 10.9. The molecule has 0 bridgehead atoms. The number of primary amides is 1. The standard InChI is InChI=1S/C11H20N4O/c1-9(2)7-15-8-10(6-14-15)5-13-4-3-11(12)16/h6,8-9,13H,3-5,7H2,1-2H3,(H2,12,16). The predicted molar refractivity (Wildman–Crippen MR) is 62.6 cm³/mol. The van der Waals surface area contributed by atoms with Crippen LogP contribution in [0.15, 0.2) is 12.4 Å². The van der Waals surface area contributed by atoms with Gasteiger partial charge in [0.05, 0.1) is 6.20 Å². The van der Waals surface area contributed by atoms with Gasteiger partial charge in [0, 0.05) is 37.8 Å². The molecule has 0 radical (unpaired) electrons. The Morgan fingerprint density at radius 2 is 2.38 bits per heavy atom. The minimum atomic E-state index is -0.275. The summed E-state index contributed by atoms with van der Waals surface area (Å²) in [6.45, 7) is 6.59. The van der Waals surface area contributed by atoms with E-state index in [1.807, 2.05) is 17.1 Å². The van der Waals surface area contributed by atoms with Crippen LogP contribution in [0.25, 0.3) is 0 Å². The third kappa shape index (κ3) is 4.93. The van der Waals surface area contributed by atoms with Gasteiger partial charge in [-0.1, -0.05) is 13.8 Å². The van der Waals surface area contributed by atoms with Gasteiger partial charge < -0.3 is 11.1 Å². The summed E-state index contributed by atoms with van der Waals surface area (Å²) < 4.78 is 1.94. The molecule has 16 heavy (non-hydrogen) atoms. The summed E-state index contributed by atoms with van der Waals surface area (Å²) in [5.74, 6) is 0.318. The van der Waals surface area contributed by atoms with Gasteiger partial charge in [0.25, 0.3) is 0 Å². The summed E-state index contributed by atoms with van der Waals surface area (Å²) in [5, 5.41) is 7.40. The molecule has 1 aromatic rings. The third-order valence-electron chi connectivity index (χ3n) is 2.12. The summed E-state index contributed by atoms with van der Waals surface area (Å²) in [6.07, 6.45) is 4.25. The lowest BCUT2D eigenvalue weighted by Gasteiger charge is -2.03. The van der Waals surface area contributed by atoms with Crippen LogP contribution in [-0.4, -0.2) is 22.2 Å². The molecule has 0 saturated carbocycles. The Bertz CT molecular complexity index is 332. The number of rotatable bonds is 7. The second-order valence-electron chi connectivity index (χ2n) is 4.36. The lowest BCUT2D eigenvalue weighted by atomic mass is 10.2. The number of amides is 1. The fraction of sp³-hybridized carbons (Fsp3) is 0.636. The van der Waals surface area contributed by atoms with E-state index in [1.54, 1.807) is 0 Å². The number of nitrogens with one attached hydrogen (secondary N) is 1. The first-order valence-electron chi connectivity index (χ1n) is 5.58. The molecule has 1 amide bonds. The fourth-order valence-corrected chi connectivity index (χ4v) is 1.42. The molecular weight excluding hydrogens is 204 g/mol. The summed E-state index contributed by atoms with van der Waals surface area (Å²) in [7, 11) is 0. The zero-order valence-corrected chi connectivity index (χ0v) is 9.94. The molecule has 0 spiro atoms. The summed E-state index contributed by atoms with van der Waals surface area (Å²) in [5.41, 5.74) is 6.17. The van der Waals surface area contributed by atoms with Crippen molar-refractivity contribution in [2.24, 2.45) is 11.7 Å². The number of hydrogen-bond acceptors (Lipinski definition) is 3. The highest BCUT2D eigenvalue weighted by atomic mass is 16.1. The lowest BCUT2D eigenvalue weighted by Crippen LogP contribution is -2.21. The quantitative estimate of drug-likeness (QED) is 0.663. The minimum absolute atomic E-state index is 0.275. The van der Waals surface area contributed by atoms with Crippen molar-refractivity contribution in [3.8, 4) is 0 Å². The monoisotopic (exact) mass is 224 g/mol. The SMILES string of the molecule is CC(C)Cn1cc(CNCCC(N)=O)cn1. The largest absolute Gasteiger partial charge is 0.370 e. The van der Waals surface area contributed by atoms with E-state index < -0.39 is 0 Å². The van der Waals surface area contributed by atoms with E-state index in [9.17, 15) is 4.79 Å². The van der Waals surface area contributed by atoms with Crippen LogP contribution < -0.4 is 11.1 Å². The molecule has 1 rings (SSSR count). The van der Waals surface area contributed by atoms with Gasteiger partial charge in [0.1, 0.15) is 0 Å². The van der Waals surface area contributed by atoms with E-state index in [2.05, 4.69) is 24.3 Å². The smallest absolute Gasteiger partial charge is 0.218 e. The van der Waals surface area contributed by atoms with Crippen molar-refractivity contribution in [2.45, 2.75) is 33.4 Å². The first kappa shape index (κ1) is 12.7. The Morgan fingerprint density at radius 1 is 1.62 bits per heavy atom. The van der Waals surface area contributed by atoms with Gasteiger partial charge in [-0.05, 0) is 5.92 Å². The lowest BCUT2D eigenvalue weighted by molar-refractivity contribution is -0.117. The highest BCUT2D eigenvalue weighted by molar-refractivity contribution is 5.73. The molecule has 0 aromatic carbocycles. The van der Waals surface area contributed by atoms with E-state index in [1.165, 1.54) is 0 Å². The number of carbonyl (C=O) groups is 1. The predicted octanol–water partition coefficient (Wildman–Crippen LogP) is 0.504. The first-order valence-corrected chi connectivity index (χ1v) is 5.58. The van der Waals surface area contributed by atoms with Gasteiger partial charge in [-0.15, -0.1) is 0 Å². The van der Waals surface area contributed by atoms with Crippen molar-refractivity contribution in [1.82, 2.24) is 15.1 Å². The van der Waals surface area contributed by atoms with Crippen LogP contribution in [0.1, 0.15) is 25.8 Å². The molecule has 5 nitrogen and oxygen atoms in total. The number of carbonyl (C=O) groups excluding carboxylic acids is 1. The number of aromatic nitrogens is 2. The molecule has 0 fully saturated rings. The van der Waals surface area contributed by atoms with E-state index >= 15 is 0 Å². The van der Waals surface area contributed by atoms with Crippen LogP contribution in [0.2, 0.25) is 0 Å². The molecule has 3 N–H and O–H groups in total. The summed E-state index contributed by atoms with van der Waals surface area (Å²) in [4.78, 5) is 10.5. The molecule has 0 aliphatic heterocycles. The topological polar surface area (TPSA) is 72.9 Å². The average molecular weight is 224 g/mol. The molecule has 0 aliphatic carbocycles. The molecule has 90 valence electrons. The number of hydrogen-bond donors (Lipinski definition) is 2. The van der Waals surface area contributed by atoms with Crippen LogP contribution in [0, 0.1) is 5.92 Å². The zero-order valence-electron chi connectivity index (χ0n) is 9.94. The summed E-state index contributed by atoms with van der Waals surface area (Å²) in [6, 6.07) is 0. The van der Waals surface area contributed by atoms with Crippen LogP contribution in [0.3, 0.4) is 0 Å². The van der Waals surface area contributed by atoms with E-state index in [0.29, 0.717) is 18.9 Å². The molecule has 0 atom stereocenters. The van der Waals surface area contributed by atoms with Gasteiger partial charge in [-0.3, -0.25) is 9.48 Å². The summed E-state index contributed by atoms with van der Waals surface area (Å²) >= 11 is 0. The molecule has 0 unspecified atom stereocenters. The zero-order chi connectivity index (χ0) is 12.0. The second kappa shape index (κ2) is 6.27. The van der Waals surface area contributed by atoms with Gasteiger partial charge in [-0.2, -0.15) is 5.10 Å². The Balaban J connectivity index is 2.26. The Kier molecular flexibility index (Phi) is 4.98. The molecule has 1 aromatic heterocycles. The maximum Gasteiger partial charge on any atom is 0.218 e. The minimum Gasteiger partial charge on any atom is -0.370 e. The van der Waals surface area contributed by atoms with Gasteiger partial charge in [0.15, 0.2) is 0 Å². The van der Waals surface area contributed by atoms with Crippen molar-refractivity contribution < 1.29 is 4.79 Å².